The summed E-state index contributed by atoms with van der Waals surface area (Å²) in [5, 5.41) is 0. The summed E-state index contributed by atoms with van der Waals surface area (Å²) >= 11 is 0.457. The van der Waals surface area contributed by atoms with E-state index in [1.54, 1.807) is 12.2 Å². The molecule has 0 N–H and O–H groups in total. The first-order valence-electron chi connectivity index (χ1n) is 8.44. The molecule has 2 aromatic heterocycles. The molecule has 0 amide bonds. The van der Waals surface area contributed by atoms with Gasteiger partial charge in [0.25, 0.3) is 0 Å². The van der Waals surface area contributed by atoms with Crippen LogP contribution < -0.4 is 0 Å². The van der Waals surface area contributed by atoms with Gasteiger partial charge in [-0.1, -0.05) is 19.1 Å². The zero-order valence-corrected chi connectivity index (χ0v) is 14.8. The largest absolute Gasteiger partial charge is 0.417 e. The van der Waals surface area contributed by atoms with Crippen molar-refractivity contribution in [2.24, 2.45) is 5.92 Å². The SMILES string of the molecule is CCC1C(c2nc3cc(C(F)(F)F)cnc3n2C2CC2)=CC=CC1=S=O. The van der Waals surface area contributed by atoms with Gasteiger partial charge in [0.15, 0.2) is 5.65 Å². The molecule has 26 heavy (non-hydrogen) atoms. The Hall–Kier alpha value is -2.22. The van der Waals surface area contributed by atoms with Crippen LogP contribution in [0.2, 0.25) is 0 Å². The number of alkyl halides is 3. The van der Waals surface area contributed by atoms with Crippen molar-refractivity contribution >= 4 is 32.9 Å². The summed E-state index contributed by atoms with van der Waals surface area (Å²) < 4.78 is 52.4. The zero-order valence-electron chi connectivity index (χ0n) is 14.0. The normalized spacial score (nSPS) is 20.5. The Morgan fingerprint density at radius 3 is 2.73 bits per heavy atom. The maximum Gasteiger partial charge on any atom is 0.417 e. The van der Waals surface area contributed by atoms with Crippen molar-refractivity contribution in [3.63, 3.8) is 0 Å². The third kappa shape index (κ3) is 2.82. The molecule has 136 valence electrons. The lowest BCUT2D eigenvalue weighted by Crippen LogP contribution is -2.18. The number of pyridine rings is 1. The Morgan fingerprint density at radius 2 is 2.12 bits per heavy atom. The summed E-state index contributed by atoms with van der Waals surface area (Å²) in [6, 6.07) is 1.25. The minimum Gasteiger partial charge on any atom is -0.306 e. The van der Waals surface area contributed by atoms with Gasteiger partial charge in [0.05, 0.1) is 21.7 Å². The van der Waals surface area contributed by atoms with Gasteiger partial charge < -0.3 is 4.57 Å². The molecule has 0 aromatic carbocycles. The number of hydrogen-bond donors (Lipinski definition) is 0. The summed E-state index contributed by atoms with van der Waals surface area (Å²) in [6.45, 7) is 1.98. The lowest BCUT2D eigenvalue weighted by atomic mass is 9.88. The van der Waals surface area contributed by atoms with Gasteiger partial charge in [-0.2, -0.15) is 13.2 Å². The van der Waals surface area contributed by atoms with Crippen LogP contribution in [-0.2, 0) is 17.4 Å². The number of rotatable bonds is 3. The number of nitrogens with zero attached hydrogens (tertiary/aromatic N) is 3. The van der Waals surface area contributed by atoms with E-state index in [-0.39, 0.29) is 17.5 Å². The van der Waals surface area contributed by atoms with E-state index in [1.165, 1.54) is 0 Å². The standard InChI is InChI=1S/C18H16F3N3OS/c1-2-12-13(4-3-5-15(12)26-25)16-23-14-8-10(18(19,20)21)9-22-17(14)24(16)11-6-7-11/h3-5,8-9,11-12H,2,6-7H2,1H3. The Labute approximate surface area is 151 Å². The number of fused-ring (bicyclic) bond motifs is 1. The van der Waals surface area contributed by atoms with E-state index in [0.717, 1.165) is 37.1 Å². The third-order valence-electron chi connectivity index (χ3n) is 4.79. The maximum atomic E-state index is 13.0. The average molecular weight is 379 g/mol. The van der Waals surface area contributed by atoms with E-state index in [9.17, 15) is 17.4 Å². The molecular weight excluding hydrogens is 363 g/mol. The van der Waals surface area contributed by atoms with Gasteiger partial charge >= 0.3 is 6.18 Å². The second kappa shape index (κ2) is 6.19. The maximum absolute atomic E-state index is 13.0. The first kappa shape index (κ1) is 17.2. The topological polar surface area (TPSA) is 47.8 Å². The van der Waals surface area contributed by atoms with Gasteiger partial charge in [-0.15, -0.1) is 0 Å². The predicted molar refractivity (Wildman–Crippen MR) is 94.8 cm³/mol. The summed E-state index contributed by atoms with van der Waals surface area (Å²) in [7, 11) is 0. The molecule has 1 fully saturated rings. The van der Waals surface area contributed by atoms with Crippen LogP contribution in [0.25, 0.3) is 16.7 Å². The van der Waals surface area contributed by atoms with Crippen LogP contribution >= 0.6 is 0 Å². The minimum absolute atomic E-state index is 0.0982. The third-order valence-corrected chi connectivity index (χ3v) is 5.40. The second-order valence-electron chi connectivity index (χ2n) is 6.53. The van der Waals surface area contributed by atoms with Gasteiger partial charge in [0.2, 0.25) is 0 Å². The molecule has 0 spiro atoms. The van der Waals surface area contributed by atoms with Crippen LogP contribution in [0.1, 0.15) is 43.6 Å². The van der Waals surface area contributed by atoms with Crippen molar-refractivity contribution in [1.29, 1.82) is 0 Å². The monoisotopic (exact) mass is 379 g/mol. The highest BCUT2D eigenvalue weighted by molar-refractivity contribution is 7.67. The van der Waals surface area contributed by atoms with Crippen LogP contribution in [0, 0.1) is 5.92 Å². The van der Waals surface area contributed by atoms with Crippen LogP contribution in [0.15, 0.2) is 30.5 Å². The zero-order chi connectivity index (χ0) is 18.5. The quantitative estimate of drug-likeness (QED) is 0.753. The van der Waals surface area contributed by atoms with Gasteiger partial charge in [0.1, 0.15) is 11.3 Å². The first-order valence-corrected chi connectivity index (χ1v) is 9.18. The molecule has 1 saturated carbocycles. The predicted octanol–water partition coefficient (Wildman–Crippen LogP) is 4.15. The Kier molecular flexibility index (Phi) is 4.10. The van der Waals surface area contributed by atoms with Gasteiger partial charge in [-0.3, -0.25) is 0 Å². The molecule has 0 aliphatic heterocycles. The van der Waals surface area contributed by atoms with Gasteiger partial charge in [-0.25, -0.2) is 14.2 Å². The molecule has 0 saturated heterocycles. The molecule has 2 aliphatic carbocycles. The lowest BCUT2D eigenvalue weighted by molar-refractivity contribution is -0.137. The highest BCUT2D eigenvalue weighted by atomic mass is 32.1. The van der Waals surface area contributed by atoms with E-state index < -0.39 is 11.7 Å². The average Bonchev–Trinajstić information content (AvgIpc) is 3.39. The molecule has 0 radical (unpaired) electrons. The number of halogens is 3. The molecule has 0 bridgehead atoms. The van der Waals surface area contributed by atoms with Crippen molar-refractivity contribution in [3.8, 4) is 0 Å². The molecule has 2 aliphatic rings. The summed E-state index contributed by atoms with van der Waals surface area (Å²) in [4.78, 5) is 9.29. The van der Waals surface area contributed by atoms with Crippen molar-refractivity contribution in [1.82, 2.24) is 14.5 Å². The van der Waals surface area contributed by atoms with E-state index in [0.29, 0.717) is 27.6 Å². The van der Waals surface area contributed by atoms with Gasteiger partial charge in [0, 0.05) is 23.7 Å². The summed E-state index contributed by atoms with van der Waals surface area (Å²) in [5.74, 6) is 0.524. The van der Waals surface area contributed by atoms with Crippen molar-refractivity contribution in [3.05, 3.63) is 41.9 Å². The summed E-state index contributed by atoms with van der Waals surface area (Å²) in [6.07, 6.45) is 4.52. The van der Waals surface area contributed by atoms with E-state index >= 15 is 0 Å². The smallest absolute Gasteiger partial charge is 0.306 e. The molecule has 8 heteroatoms. The lowest BCUT2D eigenvalue weighted by Gasteiger charge is -2.21. The highest BCUT2D eigenvalue weighted by Crippen LogP contribution is 2.42. The van der Waals surface area contributed by atoms with Crippen molar-refractivity contribution in [2.45, 2.75) is 38.4 Å². The number of aromatic nitrogens is 3. The Bertz CT molecular complexity index is 995. The summed E-state index contributed by atoms with van der Waals surface area (Å²) in [5.41, 5.74) is 0.774. The Balaban J connectivity index is 1.92. The molecular formula is C18H16F3N3OS. The fourth-order valence-corrected chi connectivity index (χ4v) is 3.93. The van der Waals surface area contributed by atoms with E-state index in [4.69, 9.17) is 0 Å². The number of hydrogen-bond acceptors (Lipinski definition) is 3. The molecule has 4 nitrogen and oxygen atoms in total. The van der Waals surface area contributed by atoms with Crippen LogP contribution in [0.5, 0.6) is 0 Å². The van der Waals surface area contributed by atoms with Gasteiger partial charge in [-0.05, 0) is 31.4 Å². The number of allylic oxidation sites excluding steroid dienone is 4. The minimum atomic E-state index is -4.45. The molecule has 1 unspecified atom stereocenters. The Morgan fingerprint density at radius 1 is 1.35 bits per heavy atom. The van der Waals surface area contributed by atoms with Crippen molar-refractivity contribution < 1.29 is 17.4 Å². The molecule has 4 rings (SSSR count). The fourth-order valence-electron chi connectivity index (χ4n) is 3.39. The first-order chi connectivity index (χ1) is 12.4. The highest BCUT2D eigenvalue weighted by Gasteiger charge is 2.35. The number of imidazole rings is 1. The van der Waals surface area contributed by atoms with Crippen LogP contribution in [0.3, 0.4) is 0 Å². The molecule has 2 aromatic rings. The molecule has 1 atom stereocenters. The van der Waals surface area contributed by atoms with Crippen LogP contribution in [0.4, 0.5) is 13.2 Å². The van der Waals surface area contributed by atoms with E-state index in [2.05, 4.69) is 9.97 Å². The van der Waals surface area contributed by atoms with E-state index in [1.807, 2.05) is 17.6 Å². The van der Waals surface area contributed by atoms with Crippen LogP contribution in [-0.4, -0.2) is 23.6 Å². The molecule has 2 heterocycles. The fraction of sp³-hybridized carbons (Fsp3) is 0.389. The second-order valence-corrected chi connectivity index (χ2v) is 7.17. The van der Waals surface area contributed by atoms with Crippen molar-refractivity contribution in [2.75, 3.05) is 0 Å².